The number of hydrogen-bond acceptors (Lipinski definition) is 1. The lowest BCUT2D eigenvalue weighted by atomic mass is 10.0. The molecule has 0 heterocycles. The summed E-state index contributed by atoms with van der Waals surface area (Å²) in [6.07, 6.45) is -0.345. The van der Waals surface area contributed by atoms with Crippen molar-refractivity contribution in [2.45, 2.75) is 25.3 Å². The Hall–Kier alpha value is -0.670. The van der Waals surface area contributed by atoms with E-state index < -0.39 is 12.0 Å². The molecule has 0 aliphatic heterocycles. The van der Waals surface area contributed by atoms with E-state index in [-0.39, 0.29) is 6.42 Å². The number of hydrogen-bond donors (Lipinski definition) is 1. The predicted molar refractivity (Wildman–Crippen MR) is 53.8 cm³/mol. The Kier molecular flexibility index (Phi) is 3.45. The van der Waals surface area contributed by atoms with Gasteiger partial charge in [-0.25, -0.2) is 8.78 Å². The van der Waals surface area contributed by atoms with Crippen molar-refractivity contribution in [3.63, 3.8) is 0 Å². The topological polar surface area (TPSA) is 26.0 Å². The third kappa shape index (κ3) is 2.93. The Balaban J connectivity index is 2.74. The van der Waals surface area contributed by atoms with Gasteiger partial charge in [-0.3, -0.25) is 0 Å². The van der Waals surface area contributed by atoms with E-state index in [0.29, 0.717) is 10.6 Å². The molecule has 0 fully saturated rings. The molecule has 0 radical (unpaired) electrons. The van der Waals surface area contributed by atoms with E-state index in [2.05, 4.69) is 0 Å². The van der Waals surface area contributed by atoms with Crippen molar-refractivity contribution in [3.05, 3.63) is 34.9 Å². The molecule has 0 amide bonds. The van der Waals surface area contributed by atoms with Crippen LogP contribution in [0.1, 0.15) is 12.5 Å². The lowest BCUT2D eigenvalue weighted by molar-refractivity contribution is -0.0190. The van der Waals surface area contributed by atoms with Gasteiger partial charge in [0, 0.05) is 11.4 Å². The molecular weight excluding hydrogens is 208 g/mol. The minimum Gasteiger partial charge on any atom is -0.323 e. The van der Waals surface area contributed by atoms with Gasteiger partial charge >= 0.3 is 0 Å². The van der Waals surface area contributed by atoms with Crippen LogP contribution < -0.4 is 5.73 Å². The zero-order valence-corrected chi connectivity index (χ0v) is 8.56. The number of nitrogens with two attached hydrogens (primary N) is 1. The van der Waals surface area contributed by atoms with Gasteiger partial charge in [0.25, 0.3) is 5.92 Å². The fourth-order valence-electron chi connectivity index (χ4n) is 1.04. The largest absolute Gasteiger partial charge is 0.323 e. The first kappa shape index (κ1) is 11.4. The quantitative estimate of drug-likeness (QED) is 0.831. The normalized spacial score (nSPS) is 14.1. The maximum absolute atomic E-state index is 13.2. The maximum Gasteiger partial charge on any atom is 0.266 e. The second kappa shape index (κ2) is 4.24. The van der Waals surface area contributed by atoms with E-state index in [1.54, 1.807) is 24.3 Å². The van der Waals surface area contributed by atoms with E-state index in [1.165, 1.54) is 6.92 Å². The average Bonchev–Trinajstić information content (AvgIpc) is 2.08. The Morgan fingerprint density at radius 2 is 1.86 bits per heavy atom. The zero-order valence-electron chi connectivity index (χ0n) is 7.81. The lowest BCUT2D eigenvalue weighted by Crippen LogP contribution is -2.39. The Bertz CT molecular complexity index is 295. The molecule has 0 aliphatic rings. The number of rotatable bonds is 3. The fraction of sp³-hybridized carbons (Fsp3) is 0.400. The van der Waals surface area contributed by atoms with Gasteiger partial charge in [0.05, 0.1) is 6.04 Å². The van der Waals surface area contributed by atoms with Crippen LogP contribution in [0.4, 0.5) is 8.78 Å². The standard InChI is InChI=1S/C10H12ClF2N/c1-7(14)10(12,13)6-8-2-4-9(11)5-3-8/h2-5,7H,6,14H2,1H3. The van der Waals surface area contributed by atoms with Crippen molar-refractivity contribution in [1.82, 2.24) is 0 Å². The number of alkyl halides is 2. The SMILES string of the molecule is CC(N)C(F)(F)Cc1ccc(Cl)cc1. The zero-order chi connectivity index (χ0) is 10.8. The van der Waals surface area contributed by atoms with Gasteiger partial charge in [-0.15, -0.1) is 0 Å². The van der Waals surface area contributed by atoms with E-state index in [1.807, 2.05) is 0 Å². The van der Waals surface area contributed by atoms with E-state index >= 15 is 0 Å². The monoisotopic (exact) mass is 219 g/mol. The summed E-state index contributed by atoms with van der Waals surface area (Å²) in [5.41, 5.74) is 5.71. The van der Waals surface area contributed by atoms with Gasteiger partial charge in [-0.05, 0) is 24.6 Å². The second-order valence-corrected chi connectivity index (χ2v) is 3.79. The first-order valence-corrected chi connectivity index (χ1v) is 4.67. The highest BCUT2D eigenvalue weighted by molar-refractivity contribution is 6.30. The van der Waals surface area contributed by atoms with E-state index in [4.69, 9.17) is 17.3 Å². The van der Waals surface area contributed by atoms with Gasteiger partial charge in [0.15, 0.2) is 0 Å². The summed E-state index contributed by atoms with van der Waals surface area (Å²) >= 11 is 5.63. The smallest absolute Gasteiger partial charge is 0.266 e. The van der Waals surface area contributed by atoms with Gasteiger partial charge < -0.3 is 5.73 Å². The van der Waals surface area contributed by atoms with Crippen LogP contribution in [0.25, 0.3) is 0 Å². The minimum atomic E-state index is -2.87. The molecule has 1 aromatic rings. The molecule has 4 heteroatoms. The summed E-state index contributed by atoms with van der Waals surface area (Å²) in [4.78, 5) is 0. The van der Waals surface area contributed by atoms with Crippen molar-refractivity contribution in [1.29, 1.82) is 0 Å². The summed E-state index contributed by atoms with van der Waals surface area (Å²) in [5.74, 6) is -2.87. The van der Waals surface area contributed by atoms with Crippen molar-refractivity contribution in [3.8, 4) is 0 Å². The first-order valence-electron chi connectivity index (χ1n) is 4.29. The molecule has 0 aliphatic carbocycles. The van der Waals surface area contributed by atoms with E-state index in [0.717, 1.165) is 0 Å². The van der Waals surface area contributed by atoms with Crippen LogP contribution in [0.3, 0.4) is 0 Å². The third-order valence-electron chi connectivity index (χ3n) is 2.02. The summed E-state index contributed by atoms with van der Waals surface area (Å²) in [7, 11) is 0. The third-order valence-corrected chi connectivity index (χ3v) is 2.27. The highest BCUT2D eigenvalue weighted by Crippen LogP contribution is 2.23. The molecule has 2 N–H and O–H groups in total. The van der Waals surface area contributed by atoms with E-state index in [9.17, 15) is 8.78 Å². The summed E-state index contributed by atoms with van der Waals surface area (Å²) < 4.78 is 26.3. The second-order valence-electron chi connectivity index (χ2n) is 3.35. The molecule has 0 saturated carbocycles. The molecule has 1 unspecified atom stereocenters. The summed E-state index contributed by atoms with van der Waals surface area (Å²) in [6.45, 7) is 1.30. The van der Waals surface area contributed by atoms with Gasteiger partial charge in [-0.2, -0.15) is 0 Å². The predicted octanol–water partition coefficient (Wildman–Crippen LogP) is 2.87. The van der Waals surface area contributed by atoms with Crippen LogP contribution in [0.5, 0.6) is 0 Å². The van der Waals surface area contributed by atoms with Gasteiger partial charge in [0.1, 0.15) is 0 Å². The van der Waals surface area contributed by atoms with Crippen LogP contribution in [0.2, 0.25) is 5.02 Å². The highest BCUT2D eigenvalue weighted by atomic mass is 35.5. The van der Waals surface area contributed by atoms with Gasteiger partial charge in [0.2, 0.25) is 0 Å². The Morgan fingerprint density at radius 1 is 1.36 bits per heavy atom. The molecular formula is C10H12ClF2N. The lowest BCUT2D eigenvalue weighted by Gasteiger charge is -2.20. The van der Waals surface area contributed by atoms with Crippen molar-refractivity contribution < 1.29 is 8.78 Å². The van der Waals surface area contributed by atoms with Crippen molar-refractivity contribution >= 4 is 11.6 Å². The van der Waals surface area contributed by atoms with Crippen LogP contribution in [-0.2, 0) is 6.42 Å². The number of benzene rings is 1. The molecule has 14 heavy (non-hydrogen) atoms. The minimum absolute atomic E-state index is 0.345. The molecule has 0 aromatic heterocycles. The molecule has 78 valence electrons. The van der Waals surface area contributed by atoms with Crippen LogP contribution >= 0.6 is 11.6 Å². The van der Waals surface area contributed by atoms with Crippen LogP contribution in [0.15, 0.2) is 24.3 Å². The molecule has 1 atom stereocenters. The van der Waals surface area contributed by atoms with Crippen molar-refractivity contribution in [2.24, 2.45) is 5.73 Å². The van der Waals surface area contributed by atoms with Gasteiger partial charge in [-0.1, -0.05) is 23.7 Å². The maximum atomic E-state index is 13.2. The number of halogens is 3. The summed E-state index contributed by atoms with van der Waals surface area (Å²) in [5, 5.41) is 0.540. The van der Waals surface area contributed by atoms with Crippen LogP contribution in [-0.4, -0.2) is 12.0 Å². The first-order chi connectivity index (χ1) is 6.42. The van der Waals surface area contributed by atoms with Crippen LogP contribution in [0, 0.1) is 0 Å². The fourth-order valence-corrected chi connectivity index (χ4v) is 1.16. The van der Waals surface area contributed by atoms with Crippen molar-refractivity contribution in [2.75, 3.05) is 0 Å². The molecule has 1 nitrogen and oxygen atoms in total. The highest BCUT2D eigenvalue weighted by Gasteiger charge is 2.33. The summed E-state index contributed by atoms with van der Waals surface area (Å²) in [6, 6.07) is 5.21. The molecule has 1 aromatic carbocycles. The Morgan fingerprint density at radius 3 is 2.29 bits per heavy atom. The molecule has 0 bridgehead atoms. The molecule has 0 saturated heterocycles. The Labute approximate surface area is 86.9 Å². The molecule has 1 rings (SSSR count). The average molecular weight is 220 g/mol. The molecule has 0 spiro atoms.